The molecule has 2 heterocycles. The number of ether oxygens (including phenoxy) is 1. The van der Waals surface area contributed by atoms with Gasteiger partial charge in [0.05, 0.1) is 12.2 Å². The number of nitrogens with zero attached hydrogens (tertiary/aromatic N) is 1. The number of nitrogens with one attached hydrogen (secondary N) is 1. The SMILES string of the molecule is CC1CN(Cc2ccccc2NC(=O)c2ccc(Br)o2)CC(C)O1. The van der Waals surface area contributed by atoms with Crippen LogP contribution in [0, 0.1) is 0 Å². The third-order valence-corrected chi connectivity index (χ3v) is 4.38. The normalized spacial score (nSPS) is 21.6. The van der Waals surface area contributed by atoms with Gasteiger partial charge >= 0.3 is 0 Å². The maximum atomic E-state index is 12.3. The molecule has 1 fully saturated rings. The largest absolute Gasteiger partial charge is 0.444 e. The number of furan rings is 1. The van der Waals surface area contributed by atoms with Crippen LogP contribution in [0.25, 0.3) is 0 Å². The minimum atomic E-state index is -0.253. The number of benzene rings is 1. The van der Waals surface area contributed by atoms with Gasteiger partial charge in [0, 0.05) is 25.3 Å². The van der Waals surface area contributed by atoms with E-state index in [1.54, 1.807) is 12.1 Å². The Kier molecular flexibility index (Phi) is 5.38. The summed E-state index contributed by atoms with van der Waals surface area (Å²) in [5, 5.41) is 2.94. The molecule has 3 rings (SSSR count). The summed E-state index contributed by atoms with van der Waals surface area (Å²) < 4.78 is 11.6. The second kappa shape index (κ2) is 7.51. The van der Waals surface area contributed by atoms with Crippen molar-refractivity contribution in [3.8, 4) is 0 Å². The molecule has 2 aromatic rings. The van der Waals surface area contributed by atoms with Crippen LogP contribution in [0.3, 0.4) is 0 Å². The Morgan fingerprint density at radius 1 is 1.21 bits per heavy atom. The van der Waals surface area contributed by atoms with E-state index in [1.807, 2.05) is 24.3 Å². The maximum Gasteiger partial charge on any atom is 0.291 e. The van der Waals surface area contributed by atoms with Gasteiger partial charge in [0.1, 0.15) is 0 Å². The molecule has 0 radical (unpaired) electrons. The van der Waals surface area contributed by atoms with Gasteiger partial charge in [-0.3, -0.25) is 9.69 Å². The number of anilines is 1. The molecule has 1 amide bonds. The number of para-hydroxylation sites is 1. The Hall–Kier alpha value is -1.63. The van der Waals surface area contributed by atoms with Gasteiger partial charge in [-0.05, 0) is 53.5 Å². The van der Waals surface area contributed by atoms with E-state index < -0.39 is 0 Å². The van der Waals surface area contributed by atoms with Gasteiger partial charge in [0.15, 0.2) is 10.4 Å². The summed E-state index contributed by atoms with van der Waals surface area (Å²) in [6.45, 7) is 6.72. The molecule has 6 heteroatoms. The molecule has 24 heavy (non-hydrogen) atoms. The van der Waals surface area contributed by atoms with Gasteiger partial charge in [-0.2, -0.15) is 0 Å². The predicted molar refractivity (Wildman–Crippen MR) is 96.1 cm³/mol. The summed E-state index contributed by atoms with van der Waals surface area (Å²) in [6.07, 6.45) is 0.437. The molecule has 0 spiro atoms. The average molecular weight is 393 g/mol. The minimum absolute atomic E-state index is 0.218. The highest BCUT2D eigenvalue weighted by atomic mass is 79.9. The van der Waals surface area contributed by atoms with Crippen LogP contribution in [0.2, 0.25) is 0 Å². The lowest BCUT2D eigenvalue weighted by Crippen LogP contribution is -2.44. The summed E-state index contributed by atoms with van der Waals surface area (Å²) in [4.78, 5) is 14.7. The van der Waals surface area contributed by atoms with Crippen molar-refractivity contribution in [2.45, 2.75) is 32.6 Å². The predicted octanol–water partition coefficient (Wildman–Crippen LogP) is 3.90. The van der Waals surface area contributed by atoms with Gasteiger partial charge < -0.3 is 14.5 Å². The molecule has 0 bridgehead atoms. The number of carbonyl (C=O) groups excluding carboxylic acids is 1. The number of rotatable bonds is 4. The highest BCUT2D eigenvalue weighted by Gasteiger charge is 2.23. The molecule has 5 nitrogen and oxygen atoms in total. The fourth-order valence-corrected chi connectivity index (χ4v) is 3.36. The van der Waals surface area contributed by atoms with E-state index in [0.29, 0.717) is 4.67 Å². The third kappa shape index (κ3) is 4.26. The van der Waals surface area contributed by atoms with Crippen molar-refractivity contribution < 1.29 is 13.9 Å². The lowest BCUT2D eigenvalue weighted by Gasteiger charge is -2.35. The van der Waals surface area contributed by atoms with E-state index in [1.165, 1.54) is 0 Å². The summed E-state index contributed by atoms with van der Waals surface area (Å²) in [7, 11) is 0. The quantitative estimate of drug-likeness (QED) is 0.856. The minimum Gasteiger partial charge on any atom is -0.444 e. The molecular weight excluding hydrogens is 372 g/mol. The Bertz CT molecular complexity index is 706. The molecule has 1 aromatic carbocycles. The molecule has 1 aromatic heterocycles. The second-order valence-corrected chi connectivity index (χ2v) is 6.95. The molecular formula is C18H21BrN2O3. The first kappa shape index (κ1) is 17.2. The molecule has 1 aliphatic heterocycles. The van der Waals surface area contributed by atoms with Gasteiger partial charge in [-0.1, -0.05) is 18.2 Å². The van der Waals surface area contributed by atoms with Crippen molar-refractivity contribution in [1.29, 1.82) is 0 Å². The number of amides is 1. The molecule has 1 saturated heterocycles. The average Bonchev–Trinajstić information content (AvgIpc) is 2.95. The van der Waals surface area contributed by atoms with E-state index in [2.05, 4.69) is 40.0 Å². The summed E-state index contributed by atoms with van der Waals surface area (Å²) in [5.41, 5.74) is 1.89. The summed E-state index contributed by atoms with van der Waals surface area (Å²) in [5.74, 6) is 0.0298. The Morgan fingerprint density at radius 2 is 1.92 bits per heavy atom. The van der Waals surface area contributed by atoms with Crippen LogP contribution in [0.5, 0.6) is 0 Å². The van der Waals surface area contributed by atoms with Crippen LogP contribution in [-0.4, -0.2) is 36.1 Å². The maximum absolute atomic E-state index is 12.3. The zero-order chi connectivity index (χ0) is 17.1. The number of morpholine rings is 1. The van der Waals surface area contributed by atoms with Gasteiger partial charge in [0.25, 0.3) is 5.91 Å². The van der Waals surface area contributed by atoms with Crippen LogP contribution < -0.4 is 5.32 Å². The van der Waals surface area contributed by atoms with Crippen LogP contribution in [0.4, 0.5) is 5.69 Å². The molecule has 128 valence electrons. The zero-order valence-corrected chi connectivity index (χ0v) is 15.4. The van der Waals surface area contributed by atoms with E-state index in [-0.39, 0.29) is 23.9 Å². The fraction of sp³-hybridized carbons (Fsp3) is 0.389. The number of hydrogen-bond donors (Lipinski definition) is 1. The zero-order valence-electron chi connectivity index (χ0n) is 13.8. The van der Waals surface area contributed by atoms with Crippen molar-refractivity contribution >= 4 is 27.5 Å². The standard InChI is InChI=1S/C18H21BrN2O3/c1-12-9-21(10-13(2)23-12)11-14-5-3-4-6-15(14)20-18(22)16-7-8-17(19)24-16/h3-8,12-13H,9-11H2,1-2H3,(H,20,22). The topological polar surface area (TPSA) is 54.7 Å². The van der Waals surface area contributed by atoms with Crippen molar-refractivity contribution in [3.05, 3.63) is 52.4 Å². The van der Waals surface area contributed by atoms with E-state index in [4.69, 9.17) is 9.15 Å². The molecule has 0 saturated carbocycles. The molecule has 1 aliphatic rings. The highest BCUT2D eigenvalue weighted by molar-refractivity contribution is 9.10. The number of carbonyl (C=O) groups is 1. The Balaban J connectivity index is 1.72. The third-order valence-electron chi connectivity index (χ3n) is 3.95. The van der Waals surface area contributed by atoms with Gasteiger partial charge in [-0.15, -0.1) is 0 Å². The van der Waals surface area contributed by atoms with Gasteiger partial charge in [0.2, 0.25) is 0 Å². The Labute approximate surface area is 150 Å². The second-order valence-electron chi connectivity index (χ2n) is 6.17. The summed E-state index contributed by atoms with van der Waals surface area (Å²) in [6, 6.07) is 11.2. The highest BCUT2D eigenvalue weighted by Crippen LogP contribution is 2.22. The lowest BCUT2D eigenvalue weighted by atomic mass is 10.1. The molecule has 0 aliphatic carbocycles. The van der Waals surface area contributed by atoms with Crippen LogP contribution in [0.15, 0.2) is 45.5 Å². The summed E-state index contributed by atoms with van der Waals surface area (Å²) >= 11 is 3.21. The van der Waals surface area contributed by atoms with Crippen LogP contribution >= 0.6 is 15.9 Å². The first-order chi connectivity index (χ1) is 11.5. The van der Waals surface area contributed by atoms with Crippen molar-refractivity contribution in [2.24, 2.45) is 0 Å². The molecule has 2 atom stereocenters. The monoisotopic (exact) mass is 392 g/mol. The van der Waals surface area contributed by atoms with Crippen molar-refractivity contribution in [2.75, 3.05) is 18.4 Å². The van der Waals surface area contributed by atoms with Crippen LogP contribution in [0.1, 0.15) is 30.0 Å². The van der Waals surface area contributed by atoms with E-state index in [0.717, 1.165) is 30.9 Å². The van der Waals surface area contributed by atoms with Crippen LogP contribution in [-0.2, 0) is 11.3 Å². The molecule has 2 unspecified atom stereocenters. The van der Waals surface area contributed by atoms with E-state index >= 15 is 0 Å². The molecule has 1 N–H and O–H groups in total. The fourth-order valence-electron chi connectivity index (χ4n) is 3.05. The Morgan fingerprint density at radius 3 is 2.58 bits per heavy atom. The number of halogens is 1. The van der Waals surface area contributed by atoms with Gasteiger partial charge in [-0.25, -0.2) is 0 Å². The van der Waals surface area contributed by atoms with Crippen molar-refractivity contribution in [1.82, 2.24) is 4.90 Å². The number of hydrogen-bond acceptors (Lipinski definition) is 4. The smallest absolute Gasteiger partial charge is 0.291 e. The lowest BCUT2D eigenvalue weighted by molar-refractivity contribution is -0.0704. The van der Waals surface area contributed by atoms with E-state index in [9.17, 15) is 4.79 Å². The first-order valence-electron chi connectivity index (χ1n) is 8.03. The first-order valence-corrected chi connectivity index (χ1v) is 8.83. The van der Waals surface area contributed by atoms with Crippen molar-refractivity contribution in [3.63, 3.8) is 0 Å².